The lowest BCUT2D eigenvalue weighted by atomic mass is 10.0. The maximum Gasteiger partial charge on any atom is 0.418 e. The van der Waals surface area contributed by atoms with Crippen LogP contribution in [0.25, 0.3) is 0 Å². The minimum absolute atomic E-state index is 0.0746. The van der Waals surface area contributed by atoms with Crippen LogP contribution in [0.5, 0.6) is 0 Å². The van der Waals surface area contributed by atoms with Crippen LogP contribution < -0.4 is 5.43 Å². The van der Waals surface area contributed by atoms with E-state index < -0.39 is 40.3 Å². The van der Waals surface area contributed by atoms with Gasteiger partial charge in [-0.1, -0.05) is 18.2 Å². The van der Waals surface area contributed by atoms with Gasteiger partial charge >= 0.3 is 16.4 Å². The van der Waals surface area contributed by atoms with E-state index in [4.69, 9.17) is 4.55 Å². The largest absolute Gasteiger partial charge is 0.418 e. The zero-order chi connectivity index (χ0) is 20.5. The molecule has 0 saturated carbocycles. The summed E-state index contributed by atoms with van der Waals surface area (Å²) < 4.78 is 35.0. The van der Waals surface area contributed by atoms with E-state index in [2.05, 4.69) is 9.71 Å². The van der Waals surface area contributed by atoms with Gasteiger partial charge in [-0.05, 0) is 31.9 Å². The molecule has 0 aromatic heterocycles. The SMILES string of the molecule is CCN(NC(=O)[C@H]1CC[C@H]2CN1C(=O)N2OS(=O)(=O)O)C(=O)c1ccccc1. The third kappa shape index (κ3) is 4.08. The van der Waals surface area contributed by atoms with Crippen LogP contribution in [-0.4, -0.2) is 71.0 Å². The average Bonchev–Trinajstić information content (AvgIpc) is 2.89. The summed E-state index contributed by atoms with van der Waals surface area (Å²) in [7, 11) is -4.86. The van der Waals surface area contributed by atoms with Gasteiger partial charge in [0.1, 0.15) is 6.04 Å². The molecule has 2 saturated heterocycles. The van der Waals surface area contributed by atoms with E-state index >= 15 is 0 Å². The minimum atomic E-state index is -4.86. The first-order valence-corrected chi connectivity index (χ1v) is 10.0. The normalized spacial score (nSPS) is 21.6. The molecular formula is C16H20N4O7S. The van der Waals surface area contributed by atoms with Crippen molar-refractivity contribution in [2.24, 2.45) is 0 Å². The Labute approximate surface area is 161 Å². The van der Waals surface area contributed by atoms with E-state index in [1.54, 1.807) is 37.3 Å². The second kappa shape index (κ2) is 7.73. The van der Waals surface area contributed by atoms with Crippen LogP contribution in [0.1, 0.15) is 30.1 Å². The third-order valence-electron chi connectivity index (χ3n) is 4.63. The molecule has 2 heterocycles. The van der Waals surface area contributed by atoms with Crippen molar-refractivity contribution in [3.63, 3.8) is 0 Å². The van der Waals surface area contributed by atoms with Crippen molar-refractivity contribution >= 4 is 28.2 Å². The highest BCUT2D eigenvalue weighted by atomic mass is 32.3. The molecule has 28 heavy (non-hydrogen) atoms. The van der Waals surface area contributed by atoms with E-state index in [1.165, 1.54) is 0 Å². The van der Waals surface area contributed by atoms with Gasteiger partial charge < -0.3 is 4.90 Å². The maximum absolute atomic E-state index is 12.7. The van der Waals surface area contributed by atoms with Gasteiger partial charge in [0.25, 0.3) is 11.8 Å². The van der Waals surface area contributed by atoms with Crippen LogP contribution in [0.2, 0.25) is 0 Å². The highest BCUT2D eigenvalue weighted by molar-refractivity contribution is 7.80. The summed E-state index contributed by atoms with van der Waals surface area (Å²) in [6, 6.07) is 6.10. The van der Waals surface area contributed by atoms with Gasteiger partial charge in [-0.25, -0.2) is 4.79 Å². The lowest BCUT2D eigenvalue weighted by Gasteiger charge is -2.31. The fourth-order valence-electron chi connectivity index (χ4n) is 3.32. The van der Waals surface area contributed by atoms with Crippen molar-refractivity contribution in [3.05, 3.63) is 35.9 Å². The topological polar surface area (TPSA) is 137 Å². The number of hydrazine groups is 1. The standard InChI is InChI=1S/C16H20N4O7S/c1-2-19(15(22)11-6-4-3-5-7-11)17-14(21)13-9-8-12-10-18(13)16(23)20(12)27-28(24,25)26/h3-7,12-13H,2,8-10H2,1H3,(H,17,21)(H,24,25,26)/t12-,13+/m0/s1. The highest BCUT2D eigenvalue weighted by Gasteiger charge is 2.49. The Morgan fingerprint density at radius 3 is 2.57 bits per heavy atom. The number of carbonyl (C=O) groups is 3. The predicted molar refractivity (Wildman–Crippen MR) is 94.7 cm³/mol. The molecule has 4 amide bonds. The Kier molecular flexibility index (Phi) is 5.54. The molecule has 0 radical (unpaired) electrons. The van der Waals surface area contributed by atoms with Gasteiger partial charge in [-0.15, -0.1) is 4.28 Å². The van der Waals surface area contributed by atoms with Gasteiger partial charge in [0.05, 0.1) is 6.04 Å². The monoisotopic (exact) mass is 412 g/mol. The second-order valence-electron chi connectivity index (χ2n) is 6.40. The van der Waals surface area contributed by atoms with Crippen molar-refractivity contribution in [1.29, 1.82) is 0 Å². The minimum Gasteiger partial charge on any atom is -0.309 e. The molecule has 2 atom stereocenters. The summed E-state index contributed by atoms with van der Waals surface area (Å²) >= 11 is 0. The Morgan fingerprint density at radius 2 is 1.96 bits per heavy atom. The molecule has 12 heteroatoms. The Balaban J connectivity index is 1.69. The summed E-state index contributed by atoms with van der Waals surface area (Å²) in [6.45, 7) is 1.98. The van der Waals surface area contributed by atoms with Crippen molar-refractivity contribution in [3.8, 4) is 0 Å². The number of nitrogens with one attached hydrogen (secondary N) is 1. The van der Waals surface area contributed by atoms with Crippen molar-refractivity contribution < 1.29 is 31.6 Å². The number of hydrogen-bond donors (Lipinski definition) is 2. The molecule has 3 rings (SSSR count). The summed E-state index contributed by atoms with van der Waals surface area (Å²) in [5.41, 5.74) is 2.93. The quantitative estimate of drug-likeness (QED) is 0.520. The van der Waals surface area contributed by atoms with E-state index in [9.17, 15) is 22.8 Å². The number of piperidine rings is 1. The fourth-order valence-corrected chi connectivity index (χ4v) is 3.71. The number of urea groups is 1. The van der Waals surface area contributed by atoms with Crippen molar-refractivity contribution in [2.45, 2.75) is 31.8 Å². The van der Waals surface area contributed by atoms with E-state index in [1.807, 2.05) is 0 Å². The summed E-state index contributed by atoms with van der Waals surface area (Å²) in [6.07, 6.45) is 0.555. The number of nitrogens with zero attached hydrogens (tertiary/aromatic N) is 3. The zero-order valence-electron chi connectivity index (χ0n) is 15.0. The first kappa shape index (κ1) is 20.0. The third-order valence-corrected chi connectivity index (χ3v) is 4.98. The maximum atomic E-state index is 12.7. The molecular weight excluding hydrogens is 392 g/mol. The Bertz CT molecular complexity index is 876. The first-order chi connectivity index (χ1) is 13.2. The Morgan fingerprint density at radius 1 is 1.29 bits per heavy atom. The molecule has 2 aliphatic heterocycles. The molecule has 1 aromatic rings. The van der Waals surface area contributed by atoms with Gasteiger partial charge in [-0.3, -0.25) is 24.6 Å². The molecule has 2 N–H and O–H groups in total. The molecule has 2 aliphatic rings. The number of fused-ring (bicyclic) bond motifs is 2. The summed E-state index contributed by atoms with van der Waals surface area (Å²) in [4.78, 5) is 38.8. The molecule has 152 valence electrons. The van der Waals surface area contributed by atoms with Gasteiger partial charge in [0, 0.05) is 18.7 Å². The summed E-state index contributed by atoms with van der Waals surface area (Å²) in [5, 5.41) is 1.71. The number of amides is 4. The number of rotatable bonds is 5. The van der Waals surface area contributed by atoms with E-state index in [-0.39, 0.29) is 19.5 Å². The summed E-state index contributed by atoms with van der Waals surface area (Å²) in [5.74, 6) is -0.958. The van der Waals surface area contributed by atoms with Gasteiger partial charge in [0.15, 0.2) is 0 Å². The molecule has 0 aliphatic carbocycles. The highest BCUT2D eigenvalue weighted by Crippen LogP contribution is 2.30. The van der Waals surface area contributed by atoms with Crippen molar-refractivity contribution in [1.82, 2.24) is 20.4 Å². The lowest BCUT2D eigenvalue weighted by Crippen LogP contribution is -2.55. The molecule has 11 nitrogen and oxygen atoms in total. The molecule has 0 unspecified atom stereocenters. The molecule has 0 spiro atoms. The predicted octanol–water partition coefficient (Wildman–Crippen LogP) is 0.183. The molecule has 1 aromatic carbocycles. The molecule has 2 bridgehead atoms. The van der Waals surface area contributed by atoms with E-state index in [0.29, 0.717) is 17.0 Å². The number of carbonyl (C=O) groups excluding carboxylic acids is 3. The zero-order valence-corrected chi connectivity index (χ0v) is 15.8. The molecule has 2 fully saturated rings. The van der Waals surface area contributed by atoms with E-state index in [0.717, 1.165) is 9.91 Å². The lowest BCUT2D eigenvalue weighted by molar-refractivity contribution is -0.130. The number of hydrogen-bond acceptors (Lipinski definition) is 6. The van der Waals surface area contributed by atoms with Crippen molar-refractivity contribution in [2.75, 3.05) is 13.1 Å². The number of benzene rings is 1. The fraction of sp³-hybridized carbons (Fsp3) is 0.438. The number of hydroxylamine groups is 2. The van der Waals surface area contributed by atoms with Gasteiger partial charge in [-0.2, -0.15) is 13.5 Å². The van der Waals surface area contributed by atoms with Crippen LogP contribution in [0.15, 0.2) is 30.3 Å². The first-order valence-electron chi connectivity index (χ1n) is 8.65. The van der Waals surface area contributed by atoms with Crippen LogP contribution >= 0.6 is 0 Å². The van der Waals surface area contributed by atoms with Crippen LogP contribution in [-0.2, 0) is 19.5 Å². The Hall–Kier alpha value is -2.70. The van der Waals surface area contributed by atoms with Gasteiger partial charge in [0.2, 0.25) is 0 Å². The van der Waals surface area contributed by atoms with Crippen LogP contribution in [0.3, 0.4) is 0 Å². The average molecular weight is 412 g/mol. The van der Waals surface area contributed by atoms with Crippen LogP contribution in [0.4, 0.5) is 4.79 Å². The smallest absolute Gasteiger partial charge is 0.309 e. The second-order valence-corrected chi connectivity index (χ2v) is 7.41. The van der Waals surface area contributed by atoms with Crippen LogP contribution in [0, 0.1) is 0 Å².